The third-order valence-electron chi connectivity index (χ3n) is 11.9. The van der Waals surface area contributed by atoms with E-state index in [1.165, 1.54) is 50.1 Å². The minimum absolute atomic E-state index is 0.897. The Kier molecular flexibility index (Phi) is 9.57. The summed E-state index contributed by atoms with van der Waals surface area (Å²) in [4.78, 5) is 2.35. The number of hydrogen-bond donors (Lipinski definition) is 0. The zero-order valence-corrected chi connectivity index (χ0v) is 34.0. The molecule has 1 aromatic heterocycles. The fourth-order valence-corrected chi connectivity index (χ4v) is 8.97. The monoisotopic (exact) mass is 791 g/mol. The van der Waals surface area contributed by atoms with Gasteiger partial charge in [-0.15, -0.1) is 0 Å². The van der Waals surface area contributed by atoms with Crippen LogP contribution in [-0.2, 0) is 0 Å². The molecule has 0 radical (unpaired) electrons. The normalized spacial score (nSPS) is 11.2. The number of para-hydroxylation sites is 2. The van der Waals surface area contributed by atoms with E-state index < -0.39 is 0 Å². The minimum Gasteiger partial charge on any atom is -0.455 e. The molecule has 0 aliphatic heterocycles. The fraction of sp³-hybridized carbons (Fsp3) is 0. The summed E-state index contributed by atoms with van der Waals surface area (Å²) >= 11 is 0. The van der Waals surface area contributed by atoms with E-state index in [0.717, 1.165) is 55.7 Å². The first kappa shape index (κ1) is 36.8. The highest BCUT2D eigenvalue weighted by atomic mass is 16.3. The zero-order valence-electron chi connectivity index (χ0n) is 34.0. The molecule has 10 aromatic carbocycles. The number of hydrogen-bond acceptors (Lipinski definition) is 2. The molecule has 2 heteroatoms. The van der Waals surface area contributed by atoms with Gasteiger partial charge in [-0.05, 0) is 104 Å². The van der Waals surface area contributed by atoms with E-state index in [4.69, 9.17) is 4.42 Å². The predicted octanol–water partition coefficient (Wildman–Crippen LogP) is 17.1. The van der Waals surface area contributed by atoms with Crippen LogP contribution in [0.4, 0.5) is 17.1 Å². The van der Waals surface area contributed by atoms with Crippen LogP contribution in [0.3, 0.4) is 0 Å². The van der Waals surface area contributed by atoms with Gasteiger partial charge >= 0.3 is 0 Å². The topological polar surface area (TPSA) is 16.4 Å². The van der Waals surface area contributed by atoms with Gasteiger partial charge in [-0.1, -0.05) is 206 Å². The molecule has 0 spiro atoms. The largest absolute Gasteiger partial charge is 0.455 e. The van der Waals surface area contributed by atoms with Crippen LogP contribution < -0.4 is 4.90 Å². The summed E-state index contributed by atoms with van der Waals surface area (Å²) < 4.78 is 6.50. The van der Waals surface area contributed by atoms with Crippen molar-refractivity contribution in [2.24, 2.45) is 0 Å². The van der Waals surface area contributed by atoms with Gasteiger partial charge in [0.05, 0.1) is 0 Å². The van der Waals surface area contributed by atoms with Gasteiger partial charge in [0.15, 0.2) is 0 Å². The number of rotatable bonds is 9. The van der Waals surface area contributed by atoms with E-state index in [9.17, 15) is 0 Å². The van der Waals surface area contributed by atoms with E-state index >= 15 is 0 Å². The highest BCUT2D eigenvalue weighted by Gasteiger charge is 2.19. The van der Waals surface area contributed by atoms with Crippen molar-refractivity contribution >= 4 is 39.0 Å². The maximum Gasteiger partial charge on any atom is 0.143 e. The van der Waals surface area contributed by atoms with Crippen LogP contribution in [0.5, 0.6) is 0 Å². The lowest BCUT2D eigenvalue weighted by atomic mass is 9.87. The van der Waals surface area contributed by atoms with Gasteiger partial charge in [-0.2, -0.15) is 0 Å². The Balaban J connectivity index is 1.00. The average Bonchev–Trinajstić information content (AvgIpc) is 3.74. The zero-order chi connectivity index (χ0) is 41.2. The summed E-state index contributed by atoms with van der Waals surface area (Å²) in [5.74, 6) is 0. The van der Waals surface area contributed by atoms with Crippen LogP contribution in [0.25, 0.3) is 88.7 Å². The second-order valence-corrected chi connectivity index (χ2v) is 15.6. The van der Waals surface area contributed by atoms with Crippen molar-refractivity contribution < 1.29 is 4.42 Å². The van der Waals surface area contributed by atoms with Gasteiger partial charge in [0.1, 0.15) is 11.2 Å². The molecule has 0 aliphatic rings. The molecule has 62 heavy (non-hydrogen) atoms. The first-order valence-corrected chi connectivity index (χ1v) is 21.2. The third kappa shape index (κ3) is 6.84. The summed E-state index contributed by atoms with van der Waals surface area (Å²) in [6, 6.07) is 89.0. The SMILES string of the molecule is c1ccc(-c2ccc(N(c3ccc(-c4ccccc4-c4ccccc4-c4ccccc4-c4ccccc4)cc3)c3cccc(-c4cccc5c4oc4ccccc45)c3)cc2)cc1. The molecule has 0 saturated carbocycles. The van der Waals surface area contributed by atoms with Crippen molar-refractivity contribution in [2.45, 2.75) is 0 Å². The van der Waals surface area contributed by atoms with E-state index in [1.54, 1.807) is 0 Å². The molecular weight excluding hydrogens is 751 g/mol. The number of nitrogens with zero attached hydrogens (tertiary/aromatic N) is 1. The number of benzene rings is 10. The van der Waals surface area contributed by atoms with Crippen molar-refractivity contribution in [1.82, 2.24) is 0 Å². The fourth-order valence-electron chi connectivity index (χ4n) is 8.97. The van der Waals surface area contributed by atoms with Crippen LogP contribution >= 0.6 is 0 Å². The summed E-state index contributed by atoms with van der Waals surface area (Å²) in [5.41, 5.74) is 19.1. The summed E-state index contributed by atoms with van der Waals surface area (Å²) in [6.07, 6.45) is 0. The first-order valence-electron chi connectivity index (χ1n) is 21.2. The molecule has 0 N–H and O–H groups in total. The number of fused-ring (bicyclic) bond motifs is 3. The van der Waals surface area contributed by atoms with Gasteiger partial charge in [-0.3, -0.25) is 0 Å². The smallest absolute Gasteiger partial charge is 0.143 e. The highest BCUT2D eigenvalue weighted by molar-refractivity contribution is 6.09. The highest BCUT2D eigenvalue weighted by Crippen LogP contribution is 2.44. The molecule has 0 unspecified atom stereocenters. The Labute approximate surface area is 362 Å². The Morgan fingerprint density at radius 1 is 0.242 bits per heavy atom. The molecule has 0 bridgehead atoms. The van der Waals surface area contributed by atoms with Crippen molar-refractivity contribution in [3.63, 3.8) is 0 Å². The summed E-state index contributed by atoms with van der Waals surface area (Å²) in [6.45, 7) is 0. The van der Waals surface area contributed by atoms with Crippen molar-refractivity contribution in [3.05, 3.63) is 249 Å². The molecular formula is C60H41NO. The van der Waals surface area contributed by atoms with E-state index in [-0.39, 0.29) is 0 Å². The van der Waals surface area contributed by atoms with Crippen LogP contribution in [0.2, 0.25) is 0 Å². The average molecular weight is 792 g/mol. The molecule has 0 atom stereocenters. The number of anilines is 3. The van der Waals surface area contributed by atoms with Gasteiger partial charge < -0.3 is 9.32 Å². The van der Waals surface area contributed by atoms with E-state index in [1.807, 2.05) is 12.1 Å². The lowest BCUT2D eigenvalue weighted by molar-refractivity contribution is 0.670. The van der Waals surface area contributed by atoms with Crippen LogP contribution in [0.15, 0.2) is 253 Å². The first-order chi connectivity index (χ1) is 30.8. The Morgan fingerprint density at radius 3 is 1.26 bits per heavy atom. The van der Waals surface area contributed by atoms with Gasteiger partial charge in [0.2, 0.25) is 0 Å². The number of furan rings is 1. The van der Waals surface area contributed by atoms with Crippen LogP contribution in [-0.4, -0.2) is 0 Å². The van der Waals surface area contributed by atoms with E-state index in [2.05, 4.69) is 241 Å². The van der Waals surface area contributed by atoms with Gasteiger partial charge in [-0.25, -0.2) is 0 Å². The lowest BCUT2D eigenvalue weighted by Gasteiger charge is -2.26. The molecule has 0 amide bonds. The van der Waals surface area contributed by atoms with Crippen LogP contribution in [0.1, 0.15) is 0 Å². The second-order valence-electron chi connectivity index (χ2n) is 15.6. The molecule has 0 saturated heterocycles. The molecule has 11 rings (SSSR count). The van der Waals surface area contributed by atoms with Crippen LogP contribution in [0, 0.1) is 0 Å². The standard InChI is InChI=1S/C60H41NO/c1-3-17-42(18-4-1)43-33-37-47(38-34-43)61(49-22-15-21-46(41-49)52-30-16-31-58-57-29-13-14-32-59(57)62-60(52)58)48-39-35-45(36-40-48)51-24-8-10-26-54(51)56-28-12-11-27-55(56)53-25-9-7-23-50(53)44-19-5-2-6-20-44/h1-41H. The Bertz CT molecular complexity index is 3330. The molecule has 1 heterocycles. The molecule has 0 fully saturated rings. The molecule has 2 nitrogen and oxygen atoms in total. The molecule has 11 aromatic rings. The van der Waals surface area contributed by atoms with Gasteiger partial charge in [0.25, 0.3) is 0 Å². The summed E-state index contributed by atoms with van der Waals surface area (Å²) in [7, 11) is 0. The maximum absolute atomic E-state index is 6.50. The third-order valence-corrected chi connectivity index (χ3v) is 11.9. The molecule has 0 aliphatic carbocycles. The van der Waals surface area contributed by atoms with E-state index in [0.29, 0.717) is 0 Å². The lowest BCUT2D eigenvalue weighted by Crippen LogP contribution is -2.10. The predicted molar refractivity (Wildman–Crippen MR) is 261 cm³/mol. The van der Waals surface area contributed by atoms with Crippen molar-refractivity contribution in [3.8, 4) is 66.8 Å². The quantitative estimate of drug-likeness (QED) is 0.145. The summed E-state index contributed by atoms with van der Waals surface area (Å²) in [5, 5.41) is 2.25. The minimum atomic E-state index is 0.897. The van der Waals surface area contributed by atoms with Gasteiger partial charge in [0, 0.05) is 33.4 Å². The van der Waals surface area contributed by atoms with Crippen molar-refractivity contribution in [1.29, 1.82) is 0 Å². The van der Waals surface area contributed by atoms with Crippen molar-refractivity contribution in [2.75, 3.05) is 4.90 Å². The second kappa shape index (κ2) is 16.1. The molecule has 292 valence electrons. The Morgan fingerprint density at radius 2 is 0.645 bits per heavy atom. The maximum atomic E-state index is 6.50. The Hall–Kier alpha value is -8.20.